The fourth-order valence-electron chi connectivity index (χ4n) is 2.50. The summed E-state index contributed by atoms with van der Waals surface area (Å²) >= 11 is 0. The van der Waals surface area contributed by atoms with Crippen LogP contribution in [0.3, 0.4) is 0 Å². The lowest BCUT2D eigenvalue weighted by atomic mass is 10.0. The van der Waals surface area contributed by atoms with Crippen LogP contribution in [-0.4, -0.2) is 6.67 Å². The molecule has 0 amide bonds. The number of alkyl halides is 1. The van der Waals surface area contributed by atoms with Gasteiger partial charge in [0.2, 0.25) is 0 Å². The molecule has 0 atom stereocenters. The van der Waals surface area contributed by atoms with Crippen LogP contribution in [0, 0.1) is 0 Å². The number of rotatable bonds is 16. The van der Waals surface area contributed by atoms with Crippen LogP contribution in [0.2, 0.25) is 0 Å². The quantitative estimate of drug-likeness (QED) is 0.209. The molecular weight excluding hydrogens is 235 g/mol. The minimum absolute atomic E-state index is 0.131. The second kappa shape index (κ2) is 17.7. The summed E-state index contributed by atoms with van der Waals surface area (Å²) in [5.74, 6) is 0. The average molecular weight is 270 g/mol. The van der Waals surface area contributed by atoms with Crippen LogP contribution in [0.1, 0.15) is 96.3 Å². The Morgan fingerprint density at radius 2 is 0.842 bits per heavy atom. The summed E-state index contributed by atoms with van der Waals surface area (Å²) < 4.78 is 11.9. The Balaban J connectivity index is 2.89. The molecule has 0 radical (unpaired) electrons. The molecule has 0 aliphatic carbocycles. The van der Waals surface area contributed by atoms with E-state index in [1.807, 2.05) is 6.08 Å². The molecule has 0 aliphatic rings. The second-order valence-corrected chi connectivity index (χ2v) is 5.72. The van der Waals surface area contributed by atoms with E-state index in [0.717, 1.165) is 12.8 Å². The first-order chi connectivity index (χ1) is 9.41. The normalized spacial score (nSPS) is 10.8. The standard InChI is InChI=1S/C18H35F/c1-2-3-4-5-6-7-8-9-10-11-12-13-14-15-16-17-18-19/h2H,1,3-18H2. The zero-order chi connectivity index (χ0) is 14.0. The first-order valence-corrected chi connectivity index (χ1v) is 8.58. The Labute approximate surface area is 120 Å². The summed E-state index contributed by atoms with van der Waals surface area (Å²) in [6.07, 6.45) is 21.5. The minimum atomic E-state index is -0.131. The van der Waals surface area contributed by atoms with Gasteiger partial charge in [0, 0.05) is 0 Å². The van der Waals surface area contributed by atoms with E-state index in [4.69, 9.17) is 0 Å². The number of allylic oxidation sites excluding steroid dienone is 1. The predicted molar refractivity (Wildman–Crippen MR) is 85.4 cm³/mol. The summed E-state index contributed by atoms with van der Waals surface area (Å²) in [6, 6.07) is 0. The Morgan fingerprint density at radius 3 is 1.16 bits per heavy atom. The van der Waals surface area contributed by atoms with Crippen molar-refractivity contribution in [3.63, 3.8) is 0 Å². The monoisotopic (exact) mass is 270 g/mol. The van der Waals surface area contributed by atoms with Crippen molar-refractivity contribution in [2.45, 2.75) is 96.3 Å². The van der Waals surface area contributed by atoms with Crippen molar-refractivity contribution in [2.24, 2.45) is 0 Å². The van der Waals surface area contributed by atoms with Gasteiger partial charge in [-0.05, 0) is 19.3 Å². The predicted octanol–water partition coefficient (Wildman–Crippen LogP) is 6.99. The van der Waals surface area contributed by atoms with Crippen molar-refractivity contribution in [3.05, 3.63) is 12.7 Å². The van der Waals surface area contributed by atoms with Gasteiger partial charge in [0.15, 0.2) is 0 Å². The van der Waals surface area contributed by atoms with Gasteiger partial charge in [-0.25, -0.2) is 0 Å². The van der Waals surface area contributed by atoms with E-state index in [1.165, 1.54) is 83.5 Å². The zero-order valence-electron chi connectivity index (χ0n) is 13.0. The molecule has 0 heterocycles. The average Bonchev–Trinajstić information content (AvgIpc) is 2.43. The van der Waals surface area contributed by atoms with E-state index in [9.17, 15) is 4.39 Å². The second-order valence-electron chi connectivity index (χ2n) is 5.72. The lowest BCUT2D eigenvalue weighted by Gasteiger charge is -2.02. The maximum atomic E-state index is 11.9. The van der Waals surface area contributed by atoms with Crippen LogP contribution in [0.25, 0.3) is 0 Å². The van der Waals surface area contributed by atoms with Gasteiger partial charge in [0.1, 0.15) is 0 Å². The Morgan fingerprint density at radius 1 is 0.526 bits per heavy atom. The molecule has 0 nitrogen and oxygen atoms in total. The van der Waals surface area contributed by atoms with E-state index >= 15 is 0 Å². The van der Waals surface area contributed by atoms with Crippen LogP contribution >= 0.6 is 0 Å². The zero-order valence-corrected chi connectivity index (χ0v) is 13.0. The molecule has 0 fully saturated rings. The van der Waals surface area contributed by atoms with Gasteiger partial charge >= 0.3 is 0 Å². The molecule has 0 bridgehead atoms. The molecule has 0 aromatic carbocycles. The van der Waals surface area contributed by atoms with Gasteiger partial charge in [0.05, 0.1) is 6.67 Å². The highest BCUT2D eigenvalue weighted by Crippen LogP contribution is 2.13. The Bertz CT molecular complexity index is 165. The van der Waals surface area contributed by atoms with Gasteiger partial charge < -0.3 is 0 Å². The Hall–Kier alpha value is -0.330. The highest BCUT2D eigenvalue weighted by molar-refractivity contribution is 4.65. The van der Waals surface area contributed by atoms with Crippen molar-refractivity contribution < 1.29 is 4.39 Å². The third-order valence-corrected chi connectivity index (χ3v) is 3.79. The molecule has 0 aliphatic heterocycles. The third kappa shape index (κ3) is 17.7. The van der Waals surface area contributed by atoms with Crippen LogP contribution in [0.15, 0.2) is 12.7 Å². The largest absolute Gasteiger partial charge is 0.251 e. The molecule has 0 saturated carbocycles. The Kier molecular flexibility index (Phi) is 17.4. The fourth-order valence-corrected chi connectivity index (χ4v) is 2.50. The van der Waals surface area contributed by atoms with Crippen molar-refractivity contribution in [1.29, 1.82) is 0 Å². The van der Waals surface area contributed by atoms with Crippen molar-refractivity contribution in [1.82, 2.24) is 0 Å². The number of hydrogen-bond acceptors (Lipinski definition) is 0. The third-order valence-electron chi connectivity index (χ3n) is 3.79. The summed E-state index contributed by atoms with van der Waals surface area (Å²) in [5, 5.41) is 0. The summed E-state index contributed by atoms with van der Waals surface area (Å²) in [5.41, 5.74) is 0. The van der Waals surface area contributed by atoms with Gasteiger partial charge in [-0.15, -0.1) is 6.58 Å². The molecule has 0 N–H and O–H groups in total. The lowest BCUT2D eigenvalue weighted by molar-refractivity contribution is 0.448. The molecule has 0 aromatic rings. The summed E-state index contributed by atoms with van der Waals surface area (Å²) in [7, 11) is 0. The minimum Gasteiger partial charge on any atom is -0.251 e. The molecular formula is C18H35F. The van der Waals surface area contributed by atoms with Crippen LogP contribution in [0.5, 0.6) is 0 Å². The smallest absolute Gasteiger partial charge is 0.0894 e. The number of halogens is 1. The van der Waals surface area contributed by atoms with Gasteiger partial charge in [0.25, 0.3) is 0 Å². The van der Waals surface area contributed by atoms with Crippen LogP contribution < -0.4 is 0 Å². The fraction of sp³-hybridized carbons (Fsp3) is 0.889. The van der Waals surface area contributed by atoms with E-state index in [1.54, 1.807) is 0 Å². The molecule has 19 heavy (non-hydrogen) atoms. The SMILES string of the molecule is C=CCCCCCCCCCCCCCCCCF. The molecule has 0 spiro atoms. The molecule has 0 saturated heterocycles. The topological polar surface area (TPSA) is 0 Å². The van der Waals surface area contributed by atoms with Crippen molar-refractivity contribution >= 4 is 0 Å². The van der Waals surface area contributed by atoms with E-state index < -0.39 is 0 Å². The van der Waals surface area contributed by atoms with Crippen LogP contribution in [0.4, 0.5) is 4.39 Å². The van der Waals surface area contributed by atoms with Gasteiger partial charge in [-0.1, -0.05) is 83.1 Å². The van der Waals surface area contributed by atoms with Crippen molar-refractivity contribution in [3.8, 4) is 0 Å². The summed E-state index contributed by atoms with van der Waals surface area (Å²) in [4.78, 5) is 0. The molecule has 0 rings (SSSR count). The summed E-state index contributed by atoms with van der Waals surface area (Å²) in [6.45, 7) is 3.62. The van der Waals surface area contributed by atoms with Crippen LogP contribution in [-0.2, 0) is 0 Å². The molecule has 0 unspecified atom stereocenters. The van der Waals surface area contributed by atoms with E-state index in [-0.39, 0.29) is 6.67 Å². The highest BCUT2D eigenvalue weighted by atomic mass is 19.1. The van der Waals surface area contributed by atoms with E-state index in [2.05, 4.69) is 6.58 Å². The number of unbranched alkanes of at least 4 members (excludes halogenated alkanes) is 14. The van der Waals surface area contributed by atoms with Crippen molar-refractivity contribution in [2.75, 3.05) is 6.67 Å². The van der Waals surface area contributed by atoms with Gasteiger partial charge in [-0.2, -0.15) is 0 Å². The molecule has 1 heteroatoms. The highest BCUT2D eigenvalue weighted by Gasteiger charge is 1.94. The lowest BCUT2D eigenvalue weighted by Crippen LogP contribution is -1.83. The van der Waals surface area contributed by atoms with E-state index in [0.29, 0.717) is 0 Å². The molecule has 0 aromatic heterocycles. The number of hydrogen-bond donors (Lipinski definition) is 0. The van der Waals surface area contributed by atoms with Gasteiger partial charge in [-0.3, -0.25) is 4.39 Å². The maximum absolute atomic E-state index is 11.9. The molecule has 114 valence electrons. The maximum Gasteiger partial charge on any atom is 0.0894 e. The first-order valence-electron chi connectivity index (χ1n) is 8.58. The first kappa shape index (κ1) is 18.7.